The van der Waals surface area contributed by atoms with E-state index in [0.717, 1.165) is 36.3 Å². The van der Waals surface area contributed by atoms with Crippen LogP contribution in [0.3, 0.4) is 0 Å². The molecule has 3 N–H and O–H groups in total. The van der Waals surface area contributed by atoms with E-state index >= 15 is 0 Å². The number of carbonyl (C=O) groups is 2. The molecule has 1 saturated heterocycles. The van der Waals surface area contributed by atoms with Gasteiger partial charge in [0.05, 0.1) is 18.8 Å². The zero-order valence-corrected chi connectivity index (χ0v) is 23.6. The smallest absolute Gasteiger partial charge is 0.379 e. The maximum Gasteiger partial charge on any atom is 0.416 e. The van der Waals surface area contributed by atoms with Gasteiger partial charge in [0.1, 0.15) is 0 Å². The number of nitrogens with one attached hydrogen (secondary N) is 3. The number of anilines is 2. The molecule has 2 aromatic heterocycles. The van der Waals surface area contributed by atoms with Gasteiger partial charge >= 0.3 is 6.18 Å². The number of hydrogen-bond donors (Lipinski definition) is 3. The number of rotatable bonds is 8. The van der Waals surface area contributed by atoms with E-state index in [9.17, 15) is 22.8 Å². The summed E-state index contributed by atoms with van der Waals surface area (Å²) in [5.41, 5.74) is 1.61. The summed E-state index contributed by atoms with van der Waals surface area (Å²) in [6.07, 6.45) is -1.45. The van der Waals surface area contributed by atoms with Gasteiger partial charge in [-0.2, -0.15) is 18.2 Å². The molecule has 1 aliphatic rings. The van der Waals surface area contributed by atoms with Gasteiger partial charge in [0.2, 0.25) is 5.95 Å². The topological polar surface area (TPSA) is 121 Å². The molecule has 43 heavy (non-hydrogen) atoms. The Morgan fingerprint density at radius 3 is 2.51 bits per heavy atom. The zero-order chi connectivity index (χ0) is 30.6. The molecule has 2 amide bonds. The molecule has 0 bridgehead atoms. The fourth-order valence-corrected chi connectivity index (χ4v) is 4.72. The van der Waals surface area contributed by atoms with Crippen molar-refractivity contribution in [3.05, 3.63) is 77.1 Å². The van der Waals surface area contributed by atoms with E-state index in [1.165, 1.54) is 6.07 Å². The lowest BCUT2D eigenvalue weighted by Gasteiger charge is -2.26. The summed E-state index contributed by atoms with van der Waals surface area (Å²) < 4.78 is 46.5. The molecule has 4 aromatic rings. The highest BCUT2D eigenvalue weighted by molar-refractivity contribution is 6.06. The number of aryl methyl sites for hydroxylation is 1. The highest BCUT2D eigenvalue weighted by Gasteiger charge is 2.32. The summed E-state index contributed by atoms with van der Waals surface area (Å²) >= 11 is 0. The summed E-state index contributed by atoms with van der Waals surface area (Å²) in [6, 6.07) is 9.64. The Bertz CT molecular complexity index is 1660. The van der Waals surface area contributed by atoms with Crippen LogP contribution in [0.2, 0.25) is 0 Å². The number of fused-ring (bicyclic) bond motifs is 1. The molecule has 2 aromatic carbocycles. The molecule has 13 heteroatoms. The predicted octanol–water partition coefficient (Wildman–Crippen LogP) is 4.38. The molecule has 10 nitrogen and oxygen atoms in total. The SMILES string of the molecule is CNc1ncc2cc(-c3cc(C(=O)Nc4cc(C(=O)NCCN5CCOCC5)cc(C(F)(F)F)c4)ccc3C)cnc2n1. The zero-order valence-electron chi connectivity index (χ0n) is 23.6. The van der Waals surface area contributed by atoms with E-state index in [4.69, 9.17) is 4.74 Å². The number of alkyl halides is 3. The van der Waals surface area contributed by atoms with Crippen LogP contribution in [0.15, 0.2) is 54.9 Å². The van der Waals surface area contributed by atoms with E-state index in [0.29, 0.717) is 42.3 Å². The minimum absolute atomic E-state index is 0.148. The molecule has 3 heterocycles. The Kier molecular flexibility index (Phi) is 8.83. The van der Waals surface area contributed by atoms with Crippen LogP contribution in [-0.2, 0) is 10.9 Å². The first-order valence-electron chi connectivity index (χ1n) is 13.6. The third kappa shape index (κ3) is 7.24. The lowest BCUT2D eigenvalue weighted by Crippen LogP contribution is -2.41. The summed E-state index contributed by atoms with van der Waals surface area (Å²) in [5, 5.41) is 8.76. The average molecular weight is 594 g/mol. The van der Waals surface area contributed by atoms with E-state index < -0.39 is 23.6 Å². The molecule has 0 aliphatic carbocycles. The highest BCUT2D eigenvalue weighted by Crippen LogP contribution is 2.33. The lowest BCUT2D eigenvalue weighted by molar-refractivity contribution is -0.137. The summed E-state index contributed by atoms with van der Waals surface area (Å²) in [7, 11) is 1.71. The van der Waals surface area contributed by atoms with Gasteiger partial charge in [0.25, 0.3) is 11.8 Å². The van der Waals surface area contributed by atoms with E-state index in [-0.39, 0.29) is 23.4 Å². The van der Waals surface area contributed by atoms with E-state index in [1.807, 2.05) is 13.0 Å². The first kappa shape index (κ1) is 29.9. The van der Waals surface area contributed by atoms with Crippen molar-refractivity contribution in [1.29, 1.82) is 0 Å². The van der Waals surface area contributed by atoms with Crippen molar-refractivity contribution in [2.24, 2.45) is 0 Å². The maximum absolute atomic E-state index is 13.7. The maximum atomic E-state index is 13.7. The number of benzene rings is 2. The number of morpholine rings is 1. The van der Waals surface area contributed by atoms with Gasteiger partial charge in [-0.15, -0.1) is 0 Å². The summed E-state index contributed by atoms with van der Waals surface area (Å²) in [5.74, 6) is -0.858. The minimum atomic E-state index is -4.72. The monoisotopic (exact) mass is 593 g/mol. The van der Waals surface area contributed by atoms with Gasteiger partial charge in [0, 0.05) is 73.4 Å². The Labute approximate surface area is 245 Å². The van der Waals surface area contributed by atoms with Gasteiger partial charge in [-0.05, 0) is 54.4 Å². The van der Waals surface area contributed by atoms with Crippen LogP contribution < -0.4 is 16.0 Å². The average Bonchev–Trinajstić information content (AvgIpc) is 3.00. The lowest BCUT2D eigenvalue weighted by atomic mass is 9.98. The second-order valence-electron chi connectivity index (χ2n) is 10.1. The Morgan fingerprint density at radius 2 is 1.77 bits per heavy atom. The highest BCUT2D eigenvalue weighted by atomic mass is 19.4. The molecule has 0 spiro atoms. The number of amides is 2. The molecule has 5 rings (SSSR count). The number of nitrogens with zero attached hydrogens (tertiary/aromatic N) is 4. The van der Waals surface area contributed by atoms with Gasteiger partial charge in [0.15, 0.2) is 5.65 Å². The first-order chi connectivity index (χ1) is 20.6. The molecule has 0 unspecified atom stereocenters. The number of ether oxygens (including phenoxy) is 1. The summed E-state index contributed by atoms with van der Waals surface area (Å²) in [4.78, 5) is 41.1. The quantitative estimate of drug-likeness (QED) is 0.275. The van der Waals surface area contributed by atoms with Crippen molar-refractivity contribution < 1.29 is 27.5 Å². The number of pyridine rings is 1. The second-order valence-corrected chi connectivity index (χ2v) is 10.1. The Morgan fingerprint density at radius 1 is 0.977 bits per heavy atom. The van der Waals surface area contributed by atoms with Crippen LogP contribution in [0.5, 0.6) is 0 Å². The normalized spacial score (nSPS) is 14.0. The van der Waals surface area contributed by atoms with Crippen molar-refractivity contribution in [2.75, 3.05) is 57.1 Å². The van der Waals surface area contributed by atoms with Crippen molar-refractivity contribution in [3.8, 4) is 11.1 Å². The first-order valence-corrected chi connectivity index (χ1v) is 13.6. The third-order valence-corrected chi connectivity index (χ3v) is 7.06. The van der Waals surface area contributed by atoms with Crippen LogP contribution in [0.25, 0.3) is 22.2 Å². The molecule has 0 atom stereocenters. The molecule has 224 valence electrons. The van der Waals surface area contributed by atoms with Crippen LogP contribution in [0.4, 0.5) is 24.8 Å². The predicted molar refractivity (Wildman–Crippen MR) is 156 cm³/mol. The standard InChI is InChI=1S/C30H30F3N7O3/c1-18-3-4-19(14-25(18)21-11-22-17-37-29(34-2)39-26(22)36-16-21)28(42)38-24-13-20(12-23(15-24)30(31,32)33)27(41)35-5-6-40-7-9-43-10-8-40/h3-4,11-17H,5-10H2,1-2H3,(H,35,41)(H,38,42)(H,34,36,37,39). The largest absolute Gasteiger partial charge is 0.416 e. The fraction of sp³-hybridized carbons (Fsp3) is 0.300. The van der Waals surface area contributed by atoms with E-state index in [2.05, 4.69) is 35.8 Å². The number of halogens is 3. The Hall–Kier alpha value is -4.62. The minimum Gasteiger partial charge on any atom is -0.379 e. The fourth-order valence-electron chi connectivity index (χ4n) is 4.72. The van der Waals surface area contributed by atoms with Gasteiger partial charge in [-0.1, -0.05) is 6.07 Å². The number of carbonyl (C=O) groups excluding carboxylic acids is 2. The molecule has 0 saturated carbocycles. The van der Waals surface area contributed by atoms with Crippen LogP contribution in [-0.4, -0.2) is 78.1 Å². The summed E-state index contributed by atoms with van der Waals surface area (Å²) in [6.45, 7) is 5.31. The van der Waals surface area contributed by atoms with Crippen molar-refractivity contribution >= 4 is 34.5 Å². The molecule has 1 aliphatic heterocycles. The molecular formula is C30H30F3N7O3. The molecule has 1 fully saturated rings. The van der Waals surface area contributed by atoms with Crippen molar-refractivity contribution in [1.82, 2.24) is 25.2 Å². The Balaban J connectivity index is 1.35. The van der Waals surface area contributed by atoms with Crippen molar-refractivity contribution in [2.45, 2.75) is 13.1 Å². The molecular weight excluding hydrogens is 563 g/mol. The second kappa shape index (κ2) is 12.7. The van der Waals surface area contributed by atoms with Gasteiger partial charge in [-0.25, -0.2) is 9.97 Å². The van der Waals surface area contributed by atoms with Gasteiger partial charge < -0.3 is 20.7 Å². The molecule has 0 radical (unpaired) electrons. The number of hydrogen-bond acceptors (Lipinski definition) is 8. The van der Waals surface area contributed by atoms with Crippen LogP contribution in [0, 0.1) is 6.92 Å². The van der Waals surface area contributed by atoms with Crippen molar-refractivity contribution in [3.63, 3.8) is 0 Å². The van der Waals surface area contributed by atoms with Gasteiger partial charge in [-0.3, -0.25) is 14.5 Å². The van der Waals surface area contributed by atoms with Crippen LogP contribution in [0.1, 0.15) is 31.8 Å². The third-order valence-electron chi connectivity index (χ3n) is 7.06. The number of aromatic nitrogens is 3. The van der Waals surface area contributed by atoms with Crippen LogP contribution >= 0.6 is 0 Å². The van der Waals surface area contributed by atoms with E-state index in [1.54, 1.807) is 37.6 Å².